The minimum absolute atomic E-state index is 0.649. The molecular weight excluding hydrogens is 265 g/mol. The Morgan fingerprint density at radius 2 is 0.700 bits per heavy atom. The SMILES string of the molecule is Cl[13C](c1ccccc1)(c1ccccc1)c1ccccc1. The van der Waals surface area contributed by atoms with E-state index in [0.29, 0.717) is 0 Å². The number of alkyl halides is 1. The Labute approximate surface area is 124 Å². The highest BCUT2D eigenvalue weighted by molar-refractivity contribution is 6.28. The quantitative estimate of drug-likeness (QED) is 0.350. The number of benzene rings is 3. The molecule has 0 bridgehead atoms. The molecule has 0 fully saturated rings. The second kappa shape index (κ2) is 5.52. The van der Waals surface area contributed by atoms with Crippen molar-refractivity contribution in [1.82, 2.24) is 0 Å². The van der Waals surface area contributed by atoms with E-state index >= 15 is 0 Å². The Morgan fingerprint density at radius 1 is 0.450 bits per heavy atom. The van der Waals surface area contributed by atoms with E-state index in [1.165, 1.54) is 0 Å². The molecule has 3 rings (SSSR count). The fourth-order valence-corrected chi connectivity index (χ4v) is 2.88. The lowest BCUT2D eigenvalue weighted by molar-refractivity contribution is 0.879. The standard InChI is InChI=1S/C19H15Cl/c20-19(16-10-4-1-5-11-16,17-12-6-2-7-13-17)18-14-8-3-9-15-18/h1-15H/i19+1. The van der Waals surface area contributed by atoms with E-state index in [-0.39, 0.29) is 0 Å². The summed E-state index contributed by atoms with van der Waals surface area (Å²) in [6, 6.07) is 30.6. The Hall–Kier alpha value is -2.05. The van der Waals surface area contributed by atoms with E-state index in [0.717, 1.165) is 16.7 Å². The van der Waals surface area contributed by atoms with Crippen molar-refractivity contribution in [3.05, 3.63) is 108 Å². The molecule has 0 unspecified atom stereocenters. The Morgan fingerprint density at radius 3 is 0.950 bits per heavy atom. The van der Waals surface area contributed by atoms with E-state index in [1.54, 1.807) is 0 Å². The summed E-state index contributed by atoms with van der Waals surface area (Å²) in [5, 5.41) is 0. The van der Waals surface area contributed by atoms with E-state index in [4.69, 9.17) is 11.6 Å². The first-order valence-electron chi connectivity index (χ1n) is 6.67. The number of hydrogen-bond acceptors (Lipinski definition) is 0. The second-order valence-corrected chi connectivity index (χ2v) is 5.32. The Kier molecular flexibility index (Phi) is 3.58. The van der Waals surface area contributed by atoms with Crippen LogP contribution in [0.5, 0.6) is 0 Å². The molecule has 0 radical (unpaired) electrons. The molecule has 98 valence electrons. The van der Waals surface area contributed by atoms with Gasteiger partial charge in [0.1, 0.15) is 4.87 Å². The first kappa shape index (κ1) is 13.0. The van der Waals surface area contributed by atoms with Crippen LogP contribution in [-0.4, -0.2) is 0 Å². The predicted octanol–water partition coefficient (Wildman–Crippen LogP) is 5.22. The van der Waals surface area contributed by atoms with Crippen LogP contribution in [0, 0.1) is 0 Å². The van der Waals surface area contributed by atoms with Crippen LogP contribution in [0.4, 0.5) is 0 Å². The van der Waals surface area contributed by atoms with Gasteiger partial charge >= 0.3 is 0 Å². The molecule has 0 saturated carbocycles. The molecule has 0 saturated heterocycles. The van der Waals surface area contributed by atoms with E-state index < -0.39 is 4.87 Å². The van der Waals surface area contributed by atoms with Gasteiger partial charge in [-0.1, -0.05) is 91.0 Å². The van der Waals surface area contributed by atoms with Crippen LogP contribution in [0.1, 0.15) is 16.7 Å². The maximum Gasteiger partial charge on any atom is 0.119 e. The lowest BCUT2D eigenvalue weighted by Crippen LogP contribution is -2.22. The molecule has 0 aromatic heterocycles. The van der Waals surface area contributed by atoms with Crippen molar-refractivity contribution >= 4 is 11.6 Å². The summed E-state index contributed by atoms with van der Waals surface area (Å²) < 4.78 is 0. The van der Waals surface area contributed by atoms with Crippen molar-refractivity contribution in [1.29, 1.82) is 0 Å². The molecule has 0 heterocycles. The first-order valence-corrected chi connectivity index (χ1v) is 7.05. The van der Waals surface area contributed by atoms with Gasteiger partial charge in [-0.3, -0.25) is 0 Å². The molecule has 0 amide bonds. The van der Waals surface area contributed by atoms with Gasteiger partial charge in [0, 0.05) is 0 Å². The maximum atomic E-state index is 7.12. The van der Waals surface area contributed by atoms with Gasteiger partial charge in [0.15, 0.2) is 0 Å². The van der Waals surface area contributed by atoms with Gasteiger partial charge in [0.05, 0.1) is 0 Å². The summed E-state index contributed by atoms with van der Waals surface area (Å²) in [7, 11) is 0. The topological polar surface area (TPSA) is 0 Å². The molecule has 0 spiro atoms. The van der Waals surface area contributed by atoms with E-state index in [9.17, 15) is 0 Å². The minimum Gasteiger partial charge on any atom is -0.104 e. The van der Waals surface area contributed by atoms with Crippen LogP contribution in [0.2, 0.25) is 0 Å². The monoisotopic (exact) mass is 279 g/mol. The van der Waals surface area contributed by atoms with Crippen LogP contribution >= 0.6 is 11.6 Å². The molecule has 0 aliphatic heterocycles. The van der Waals surface area contributed by atoms with Crippen molar-refractivity contribution in [2.45, 2.75) is 4.87 Å². The van der Waals surface area contributed by atoms with Gasteiger partial charge < -0.3 is 0 Å². The van der Waals surface area contributed by atoms with Gasteiger partial charge in [0.2, 0.25) is 0 Å². The highest BCUT2D eigenvalue weighted by Gasteiger charge is 2.33. The van der Waals surface area contributed by atoms with Gasteiger partial charge in [-0.2, -0.15) is 0 Å². The molecule has 0 N–H and O–H groups in total. The fourth-order valence-electron chi connectivity index (χ4n) is 2.50. The van der Waals surface area contributed by atoms with Crippen LogP contribution in [0.3, 0.4) is 0 Å². The highest BCUT2D eigenvalue weighted by atomic mass is 35.5. The van der Waals surface area contributed by atoms with Gasteiger partial charge in [-0.15, -0.1) is 11.6 Å². The normalized spacial score (nSPS) is 11.2. The zero-order chi connectivity index (χ0) is 13.8. The third kappa shape index (κ3) is 2.23. The molecular formula is C19H15Cl. The zero-order valence-electron chi connectivity index (χ0n) is 11.0. The van der Waals surface area contributed by atoms with Crippen molar-refractivity contribution in [3.63, 3.8) is 0 Å². The Bertz CT molecular complexity index is 563. The highest BCUT2D eigenvalue weighted by Crippen LogP contribution is 2.42. The summed E-state index contributed by atoms with van der Waals surface area (Å²) in [5.41, 5.74) is 3.25. The average molecular weight is 280 g/mol. The van der Waals surface area contributed by atoms with E-state index in [2.05, 4.69) is 36.4 Å². The second-order valence-electron chi connectivity index (χ2n) is 4.76. The van der Waals surface area contributed by atoms with Crippen molar-refractivity contribution < 1.29 is 0 Å². The summed E-state index contributed by atoms with van der Waals surface area (Å²) in [6.07, 6.45) is 0. The van der Waals surface area contributed by atoms with Crippen molar-refractivity contribution in [2.75, 3.05) is 0 Å². The lowest BCUT2D eigenvalue weighted by Gasteiger charge is -2.29. The molecule has 20 heavy (non-hydrogen) atoms. The lowest BCUT2D eigenvalue weighted by atomic mass is 10.1. The number of rotatable bonds is 3. The molecule has 1 heteroatoms. The maximum absolute atomic E-state index is 7.12. The largest absolute Gasteiger partial charge is 0.119 e. The van der Waals surface area contributed by atoms with Crippen molar-refractivity contribution in [2.24, 2.45) is 0 Å². The smallest absolute Gasteiger partial charge is 0.104 e. The molecule has 0 nitrogen and oxygen atoms in total. The van der Waals surface area contributed by atoms with Crippen molar-refractivity contribution in [3.8, 4) is 0 Å². The van der Waals surface area contributed by atoms with Crippen LogP contribution in [0.25, 0.3) is 0 Å². The molecule has 0 atom stereocenters. The summed E-state index contributed by atoms with van der Waals surface area (Å²) in [6.45, 7) is 0. The van der Waals surface area contributed by atoms with E-state index in [1.807, 2.05) is 54.6 Å². The molecule has 0 aliphatic rings. The van der Waals surface area contributed by atoms with Gasteiger partial charge in [-0.25, -0.2) is 0 Å². The first-order chi connectivity index (χ1) is 9.82. The third-order valence-electron chi connectivity index (χ3n) is 3.51. The van der Waals surface area contributed by atoms with Gasteiger partial charge in [-0.05, 0) is 16.7 Å². The predicted molar refractivity (Wildman–Crippen MR) is 85.1 cm³/mol. The number of halogens is 1. The van der Waals surface area contributed by atoms with Gasteiger partial charge in [0.25, 0.3) is 0 Å². The van der Waals surface area contributed by atoms with Crippen LogP contribution in [-0.2, 0) is 4.87 Å². The summed E-state index contributed by atoms with van der Waals surface area (Å²) >= 11 is 7.12. The molecule has 3 aromatic carbocycles. The summed E-state index contributed by atoms with van der Waals surface area (Å²) in [4.78, 5) is -0.649. The zero-order valence-corrected chi connectivity index (χ0v) is 11.8. The van der Waals surface area contributed by atoms with Crippen LogP contribution < -0.4 is 0 Å². The fraction of sp³-hybridized carbons (Fsp3) is 0.0526. The third-order valence-corrected chi connectivity index (χ3v) is 4.17. The summed E-state index contributed by atoms with van der Waals surface area (Å²) in [5.74, 6) is 0. The number of hydrogen-bond donors (Lipinski definition) is 0. The average Bonchev–Trinajstić information content (AvgIpc) is 2.56. The minimum atomic E-state index is -0.649. The Balaban J connectivity index is 2.24. The molecule has 0 aliphatic carbocycles. The van der Waals surface area contributed by atoms with Crippen LogP contribution in [0.15, 0.2) is 91.0 Å². The molecule has 3 aromatic rings.